The second-order valence-corrected chi connectivity index (χ2v) is 5.77. The van der Waals surface area contributed by atoms with Crippen LogP contribution in [0, 0.1) is 0 Å². The second kappa shape index (κ2) is 9.21. The number of nitrogens with one attached hydrogen (secondary N) is 1. The van der Waals surface area contributed by atoms with Gasteiger partial charge in [-0.1, -0.05) is 0 Å². The second-order valence-electron chi connectivity index (χ2n) is 4.79. The molecule has 8 nitrogen and oxygen atoms in total. The molecule has 0 bridgehead atoms. The Kier molecular flexibility index (Phi) is 7.97. The van der Waals surface area contributed by atoms with Crippen molar-refractivity contribution in [1.82, 2.24) is 10.2 Å². The Labute approximate surface area is 127 Å². The molecule has 0 aromatic carbocycles. The summed E-state index contributed by atoms with van der Waals surface area (Å²) in [7, 11) is 0. The summed E-state index contributed by atoms with van der Waals surface area (Å²) in [6, 6.07) is 0. The summed E-state index contributed by atoms with van der Waals surface area (Å²) in [4.78, 5) is 25.2. The monoisotopic (exact) mass is 322 g/mol. The number of morpholine rings is 1. The highest BCUT2D eigenvalue weighted by Crippen LogP contribution is 2.07. The highest BCUT2D eigenvalue weighted by Gasteiger charge is 2.29. The number of aliphatic hydroxyl groups excluding tert-OH is 3. The van der Waals surface area contributed by atoms with Gasteiger partial charge in [-0.3, -0.25) is 9.59 Å². The summed E-state index contributed by atoms with van der Waals surface area (Å²) in [5.74, 6) is -0.309. The van der Waals surface area contributed by atoms with E-state index >= 15 is 0 Å². The molecule has 0 aromatic heterocycles. The molecule has 1 saturated heterocycles. The van der Waals surface area contributed by atoms with Crippen molar-refractivity contribution in [3.05, 3.63) is 0 Å². The lowest BCUT2D eigenvalue weighted by atomic mass is 10.0. The minimum Gasteiger partial charge on any atom is -0.394 e. The van der Waals surface area contributed by atoms with Crippen LogP contribution in [-0.4, -0.2) is 95.2 Å². The zero-order valence-corrected chi connectivity index (χ0v) is 12.6. The van der Waals surface area contributed by atoms with E-state index < -0.39 is 31.3 Å². The van der Waals surface area contributed by atoms with Gasteiger partial charge in [0.05, 0.1) is 44.5 Å². The first-order valence-corrected chi connectivity index (χ1v) is 7.79. The van der Waals surface area contributed by atoms with Gasteiger partial charge in [-0.25, -0.2) is 0 Å². The minimum absolute atomic E-state index is 0.0117. The maximum atomic E-state index is 11.8. The molecule has 1 fully saturated rings. The Morgan fingerprint density at radius 2 is 1.67 bits per heavy atom. The van der Waals surface area contributed by atoms with Crippen molar-refractivity contribution >= 4 is 23.6 Å². The number of rotatable bonds is 8. The molecule has 122 valence electrons. The van der Waals surface area contributed by atoms with Crippen LogP contribution in [-0.2, 0) is 14.3 Å². The molecule has 1 heterocycles. The van der Waals surface area contributed by atoms with Gasteiger partial charge in [0, 0.05) is 13.1 Å². The summed E-state index contributed by atoms with van der Waals surface area (Å²) in [5.41, 5.74) is -1.42. The quantitative estimate of drug-likeness (QED) is 0.387. The lowest BCUT2D eigenvalue weighted by Gasteiger charge is -2.29. The number of carbonyl (C=O) groups is 2. The molecule has 9 heteroatoms. The molecule has 21 heavy (non-hydrogen) atoms. The van der Waals surface area contributed by atoms with Crippen molar-refractivity contribution in [1.29, 1.82) is 0 Å². The Hall–Kier alpha value is -0.870. The summed E-state index contributed by atoms with van der Waals surface area (Å²) >= 11 is 1.15. The lowest BCUT2D eigenvalue weighted by molar-refractivity contribution is -0.132. The molecule has 4 N–H and O–H groups in total. The van der Waals surface area contributed by atoms with E-state index in [-0.39, 0.29) is 17.4 Å². The van der Waals surface area contributed by atoms with Crippen LogP contribution in [0.3, 0.4) is 0 Å². The van der Waals surface area contributed by atoms with Crippen molar-refractivity contribution in [3.8, 4) is 0 Å². The number of carbonyl (C=O) groups excluding carboxylic acids is 2. The third kappa shape index (κ3) is 5.79. The lowest BCUT2D eigenvalue weighted by Crippen LogP contribution is -2.57. The fourth-order valence-electron chi connectivity index (χ4n) is 1.74. The van der Waals surface area contributed by atoms with Crippen molar-refractivity contribution in [3.63, 3.8) is 0 Å². The van der Waals surface area contributed by atoms with Gasteiger partial charge in [0.25, 0.3) is 0 Å². The van der Waals surface area contributed by atoms with Crippen LogP contribution < -0.4 is 5.32 Å². The van der Waals surface area contributed by atoms with Gasteiger partial charge in [0.15, 0.2) is 0 Å². The van der Waals surface area contributed by atoms with Crippen LogP contribution in [0.5, 0.6) is 0 Å². The third-order valence-corrected chi connectivity index (χ3v) is 4.05. The molecule has 0 aromatic rings. The minimum atomic E-state index is -1.42. The Balaban J connectivity index is 2.28. The van der Waals surface area contributed by atoms with Gasteiger partial charge in [0.1, 0.15) is 5.54 Å². The van der Waals surface area contributed by atoms with Gasteiger partial charge < -0.3 is 30.3 Å². The highest BCUT2D eigenvalue weighted by molar-refractivity contribution is 8.00. The highest BCUT2D eigenvalue weighted by atomic mass is 32.2. The number of aliphatic hydroxyl groups is 3. The normalized spacial score (nSPS) is 15.9. The number of thioether (sulfide) groups is 1. The molecule has 1 aliphatic heterocycles. The number of nitrogens with zero attached hydrogens (tertiary/aromatic N) is 1. The van der Waals surface area contributed by atoms with Crippen molar-refractivity contribution in [2.24, 2.45) is 0 Å². The van der Waals surface area contributed by atoms with E-state index in [9.17, 15) is 9.59 Å². The average Bonchev–Trinajstić information content (AvgIpc) is 2.53. The van der Waals surface area contributed by atoms with Crippen molar-refractivity contribution in [2.75, 3.05) is 57.6 Å². The molecule has 0 radical (unpaired) electrons. The van der Waals surface area contributed by atoms with Crippen molar-refractivity contribution in [2.45, 2.75) is 5.54 Å². The number of hydrogen-bond acceptors (Lipinski definition) is 7. The van der Waals surface area contributed by atoms with Gasteiger partial charge in [0.2, 0.25) is 11.8 Å². The van der Waals surface area contributed by atoms with Crippen LogP contribution in [0.15, 0.2) is 0 Å². The van der Waals surface area contributed by atoms with Crippen LogP contribution in [0.2, 0.25) is 0 Å². The average molecular weight is 322 g/mol. The molecule has 0 aliphatic carbocycles. The van der Waals surface area contributed by atoms with Crippen LogP contribution in [0.4, 0.5) is 0 Å². The molecule has 2 amide bonds. The van der Waals surface area contributed by atoms with E-state index in [4.69, 9.17) is 20.1 Å². The fourth-order valence-corrected chi connectivity index (χ4v) is 2.45. The van der Waals surface area contributed by atoms with Gasteiger partial charge in [-0.15, -0.1) is 11.8 Å². The SMILES string of the molecule is O=C(CSCC(=O)N1CCOCC1)NC(CO)(CO)CO. The summed E-state index contributed by atoms with van der Waals surface area (Å²) in [5, 5.41) is 29.7. The molecule has 1 aliphatic rings. The van der Waals surface area contributed by atoms with Crippen LogP contribution in [0.25, 0.3) is 0 Å². The Morgan fingerprint density at radius 1 is 1.10 bits per heavy atom. The van der Waals surface area contributed by atoms with Crippen LogP contribution in [0.1, 0.15) is 0 Å². The first kappa shape index (κ1) is 18.2. The summed E-state index contributed by atoms with van der Waals surface area (Å²) < 4.78 is 5.15. The Bertz CT molecular complexity index is 336. The van der Waals surface area contributed by atoms with E-state index in [1.54, 1.807) is 4.90 Å². The van der Waals surface area contributed by atoms with Gasteiger partial charge in [-0.05, 0) is 0 Å². The van der Waals surface area contributed by atoms with Crippen molar-refractivity contribution < 1.29 is 29.6 Å². The largest absolute Gasteiger partial charge is 0.394 e. The molecule has 0 unspecified atom stereocenters. The first-order valence-electron chi connectivity index (χ1n) is 6.64. The molecule has 1 rings (SSSR count). The van der Waals surface area contributed by atoms with E-state index in [2.05, 4.69) is 5.32 Å². The Morgan fingerprint density at radius 3 is 2.19 bits per heavy atom. The first-order chi connectivity index (χ1) is 10.1. The van der Waals surface area contributed by atoms with E-state index in [0.717, 1.165) is 11.8 Å². The zero-order chi connectivity index (χ0) is 15.7. The topological polar surface area (TPSA) is 119 Å². The fraction of sp³-hybridized carbons (Fsp3) is 0.833. The molecule has 0 atom stereocenters. The van der Waals surface area contributed by atoms with E-state index in [0.29, 0.717) is 26.3 Å². The smallest absolute Gasteiger partial charge is 0.232 e. The zero-order valence-electron chi connectivity index (χ0n) is 11.8. The van der Waals surface area contributed by atoms with E-state index in [1.807, 2.05) is 0 Å². The molecular weight excluding hydrogens is 300 g/mol. The number of ether oxygens (including phenoxy) is 1. The predicted octanol–water partition coefficient (Wildman–Crippen LogP) is -2.59. The number of amides is 2. The predicted molar refractivity (Wildman–Crippen MR) is 76.9 cm³/mol. The summed E-state index contributed by atoms with van der Waals surface area (Å²) in [6.07, 6.45) is 0. The van der Waals surface area contributed by atoms with Crippen LogP contribution >= 0.6 is 11.8 Å². The molecule has 0 saturated carbocycles. The number of hydrogen-bond donors (Lipinski definition) is 4. The maximum Gasteiger partial charge on any atom is 0.232 e. The van der Waals surface area contributed by atoms with Gasteiger partial charge in [-0.2, -0.15) is 0 Å². The van der Waals surface area contributed by atoms with E-state index in [1.165, 1.54) is 0 Å². The van der Waals surface area contributed by atoms with Gasteiger partial charge >= 0.3 is 0 Å². The standard InChI is InChI=1S/C12H22N2O6S/c15-7-12(8-16,9-17)13-10(18)5-21-6-11(19)14-1-3-20-4-2-14/h15-17H,1-9H2,(H,13,18). The third-order valence-electron chi connectivity index (χ3n) is 3.14. The maximum absolute atomic E-state index is 11.8. The molecular formula is C12H22N2O6S. The summed E-state index contributed by atoms with van der Waals surface area (Å²) in [6.45, 7) is 0.490. The molecule has 0 spiro atoms.